The van der Waals surface area contributed by atoms with Crippen LogP contribution in [0.25, 0.3) is 0 Å². The highest BCUT2D eigenvalue weighted by Crippen LogP contribution is 2.08. The standard InChI is InChI=1S/C7H9N5O2/c1-4(13)6(5(2)14)10-12-7-8-3-9-11-7/h3,13H,1-2H3,(H,8,9,11)/b6-4+,12-10?. The predicted octanol–water partition coefficient (Wildman–Crippen LogP) is 1.27. The van der Waals surface area contributed by atoms with Crippen LogP contribution in [0, 0.1) is 0 Å². The number of H-pyrrole nitrogens is 1. The van der Waals surface area contributed by atoms with Crippen LogP contribution in [0.3, 0.4) is 0 Å². The van der Waals surface area contributed by atoms with E-state index in [9.17, 15) is 4.79 Å². The number of aliphatic hydroxyl groups excluding tert-OH is 1. The van der Waals surface area contributed by atoms with Crippen molar-refractivity contribution in [2.75, 3.05) is 0 Å². The first-order valence-corrected chi connectivity index (χ1v) is 3.79. The summed E-state index contributed by atoms with van der Waals surface area (Å²) in [6, 6.07) is 0. The van der Waals surface area contributed by atoms with Gasteiger partial charge in [-0.2, -0.15) is 10.1 Å². The minimum Gasteiger partial charge on any atom is -0.510 e. The van der Waals surface area contributed by atoms with Crippen LogP contribution in [0.15, 0.2) is 28.0 Å². The van der Waals surface area contributed by atoms with Gasteiger partial charge in [0.25, 0.3) is 5.95 Å². The number of allylic oxidation sites excluding steroid dienone is 2. The van der Waals surface area contributed by atoms with Gasteiger partial charge in [0.15, 0.2) is 11.5 Å². The highest BCUT2D eigenvalue weighted by atomic mass is 16.3. The van der Waals surface area contributed by atoms with Crippen molar-refractivity contribution in [1.29, 1.82) is 0 Å². The number of ketones is 1. The monoisotopic (exact) mass is 195 g/mol. The smallest absolute Gasteiger partial charge is 0.264 e. The van der Waals surface area contributed by atoms with Gasteiger partial charge in [0.2, 0.25) is 0 Å². The molecule has 0 amide bonds. The molecule has 0 aliphatic heterocycles. The Morgan fingerprint density at radius 1 is 1.57 bits per heavy atom. The maximum Gasteiger partial charge on any atom is 0.264 e. The number of aromatic amines is 1. The van der Waals surface area contributed by atoms with Gasteiger partial charge in [-0.15, -0.1) is 10.2 Å². The van der Waals surface area contributed by atoms with Crippen LogP contribution in [0.1, 0.15) is 13.8 Å². The molecule has 1 aromatic rings. The summed E-state index contributed by atoms with van der Waals surface area (Å²) in [5, 5.41) is 22.1. The first-order valence-electron chi connectivity index (χ1n) is 3.79. The molecule has 0 atom stereocenters. The number of rotatable bonds is 3. The molecule has 0 aliphatic rings. The summed E-state index contributed by atoms with van der Waals surface area (Å²) >= 11 is 0. The second kappa shape index (κ2) is 4.26. The summed E-state index contributed by atoms with van der Waals surface area (Å²) in [5.74, 6) is -0.376. The largest absolute Gasteiger partial charge is 0.510 e. The summed E-state index contributed by atoms with van der Waals surface area (Å²) in [4.78, 5) is 14.6. The van der Waals surface area contributed by atoms with E-state index in [0.717, 1.165) is 0 Å². The van der Waals surface area contributed by atoms with Gasteiger partial charge in [0.05, 0.1) is 0 Å². The van der Waals surface area contributed by atoms with Crippen molar-refractivity contribution in [3.8, 4) is 0 Å². The van der Waals surface area contributed by atoms with Crippen LogP contribution < -0.4 is 0 Å². The Morgan fingerprint density at radius 2 is 2.29 bits per heavy atom. The molecule has 7 heteroatoms. The third-order valence-electron chi connectivity index (χ3n) is 1.32. The van der Waals surface area contributed by atoms with Crippen molar-refractivity contribution in [1.82, 2.24) is 15.2 Å². The van der Waals surface area contributed by atoms with Crippen LogP contribution in [-0.4, -0.2) is 26.1 Å². The molecule has 1 aromatic heterocycles. The van der Waals surface area contributed by atoms with E-state index in [1.807, 2.05) is 0 Å². The van der Waals surface area contributed by atoms with Gasteiger partial charge in [-0.1, -0.05) is 0 Å². The van der Waals surface area contributed by atoms with E-state index < -0.39 is 0 Å². The number of azo groups is 1. The zero-order valence-electron chi connectivity index (χ0n) is 7.72. The lowest BCUT2D eigenvalue weighted by Gasteiger charge is -1.94. The van der Waals surface area contributed by atoms with Gasteiger partial charge < -0.3 is 5.11 Å². The van der Waals surface area contributed by atoms with Crippen molar-refractivity contribution < 1.29 is 9.90 Å². The fourth-order valence-corrected chi connectivity index (χ4v) is 0.742. The molecule has 0 aliphatic carbocycles. The Labute approximate surface area is 79.6 Å². The lowest BCUT2D eigenvalue weighted by Crippen LogP contribution is -1.96. The number of nitrogens with one attached hydrogen (secondary N) is 1. The van der Waals surface area contributed by atoms with Gasteiger partial charge in [0.1, 0.15) is 12.1 Å². The molecule has 0 aromatic carbocycles. The number of hydrogen-bond donors (Lipinski definition) is 2. The average Bonchev–Trinajstić information content (AvgIpc) is 2.55. The van der Waals surface area contributed by atoms with Gasteiger partial charge in [-0.05, 0) is 6.92 Å². The van der Waals surface area contributed by atoms with Gasteiger partial charge in [-0.25, -0.2) is 5.10 Å². The minimum absolute atomic E-state index is 0.0959. The molecular formula is C7H9N5O2. The molecule has 74 valence electrons. The van der Waals surface area contributed by atoms with Crippen LogP contribution in [0.4, 0.5) is 5.95 Å². The summed E-state index contributed by atoms with van der Waals surface area (Å²) in [7, 11) is 0. The zero-order chi connectivity index (χ0) is 10.6. The number of aliphatic hydroxyl groups is 1. The summed E-state index contributed by atoms with van der Waals surface area (Å²) in [6.45, 7) is 2.64. The van der Waals surface area contributed by atoms with E-state index >= 15 is 0 Å². The molecule has 0 saturated carbocycles. The van der Waals surface area contributed by atoms with Crippen LogP contribution >= 0.6 is 0 Å². The second-order valence-corrected chi connectivity index (χ2v) is 2.50. The number of carbonyl (C=O) groups excluding carboxylic acids is 1. The molecule has 0 fully saturated rings. The summed E-state index contributed by atoms with van der Waals surface area (Å²) < 4.78 is 0. The Kier molecular flexibility index (Phi) is 3.05. The maximum absolute atomic E-state index is 10.9. The SMILES string of the molecule is CC(=O)/C(N=Nc1ncn[nH]1)=C(/C)O. The third kappa shape index (κ3) is 2.47. The van der Waals surface area contributed by atoms with E-state index in [1.165, 1.54) is 20.2 Å². The average molecular weight is 195 g/mol. The summed E-state index contributed by atoms with van der Waals surface area (Å²) in [6.07, 6.45) is 1.26. The Balaban J connectivity index is 2.86. The molecule has 0 bridgehead atoms. The van der Waals surface area contributed by atoms with E-state index in [2.05, 4.69) is 25.4 Å². The zero-order valence-corrected chi connectivity index (χ0v) is 7.72. The molecule has 2 N–H and O–H groups in total. The molecule has 1 heterocycles. The van der Waals surface area contributed by atoms with Gasteiger partial charge >= 0.3 is 0 Å². The van der Waals surface area contributed by atoms with E-state index in [4.69, 9.17) is 5.11 Å². The maximum atomic E-state index is 10.9. The summed E-state index contributed by atoms with van der Waals surface area (Å²) in [5.41, 5.74) is -0.0959. The van der Waals surface area contributed by atoms with Crippen molar-refractivity contribution >= 4 is 11.7 Å². The normalized spacial score (nSPS) is 13.0. The van der Waals surface area contributed by atoms with Crippen LogP contribution in [0.5, 0.6) is 0 Å². The number of carbonyl (C=O) groups is 1. The molecule has 0 spiro atoms. The predicted molar refractivity (Wildman–Crippen MR) is 46.9 cm³/mol. The van der Waals surface area contributed by atoms with Crippen molar-refractivity contribution in [3.63, 3.8) is 0 Å². The van der Waals surface area contributed by atoms with Crippen molar-refractivity contribution in [2.45, 2.75) is 13.8 Å². The Bertz CT molecular complexity index is 375. The molecule has 14 heavy (non-hydrogen) atoms. The Hall–Kier alpha value is -2.05. The fourth-order valence-electron chi connectivity index (χ4n) is 0.742. The second-order valence-electron chi connectivity index (χ2n) is 2.50. The number of aromatic nitrogens is 3. The van der Waals surface area contributed by atoms with Crippen LogP contribution in [0.2, 0.25) is 0 Å². The quantitative estimate of drug-likeness (QED) is 0.430. The van der Waals surface area contributed by atoms with Crippen molar-refractivity contribution in [2.24, 2.45) is 10.2 Å². The van der Waals surface area contributed by atoms with E-state index in [1.54, 1.807) is 0 Å². The number of nitrogens with zero attached hydrogens (tertiary/aromatic N) is 4. The first-order chi connectivity index (χ1) is 6.61. The van der Waals surface area contributed by atoms with Gasteiger partial charge in [0, 0.05) is 6.92 Å². The number of Topliss-reactive ketones (excluding diaryl/α,β-unsaturated/α-hetero) is 1. The van der Waals surface area contributed by atoms with Gasteiger partial charge in [-0.3, -0.25) is 4.79 Å². The number of hydrogen-bond acceptors (Lipinski definition) is 6. The molecular weight excluding hydrogens is 186 g/mol. The molecule has 0 radical (unpaired) electrons. The molecule has 0 unspecified atom stereocenters. The molecule has 1 rings (SSSR count). The topological polar surface area (TPSA) is 104 Å². The van der Waals surface area contributed by atoms with Crippen LogP contribution in [-0.2, 0) is 4.79 Å². The molecule has 7 nitrogen and oxygen atoms in total. The highest BCUT2D eigenvalue weighted by molar-refractivity contribution is 5.93. The first kappa shape index (κ1) is 10.0. The lowest BCUT2D eigenvalue weighted by molar-refractivity contribution is -0.113. The highest BCUT2D eigenvalue weighted by Gasteiger charge is 2.06. The van der Waals surface area contributed by atoms with E-state index in [-0.39, 0.29) is 23.2 Å². The van der Waals surface area contributed by atoms with Crippen molar-refractivity contribution in [3.05, 3.63) is 17.8 Å². The van der Waals surface area contributed by atoms with E-state index in [0.29, 0.717) is 0 Å². The molecule has 0 saturated heterocycles. The minimum atomic E-state index is -0.367. The lowest BCUT2D eigenvalue weighted by atomic mass is 10.3. The fraction of sp³-hybridized carbons (Fsp3) is 0.286. The third-order valence-corrected chi connectivity index (χ3v) is 1.32. The Morgan fingerprint density at radius 3 is 2.71 bits per heavy atom.